The number of primary amides is 1. The molecule has 0 spiro atoms. The maximum absolute atomic E-state index is 11.7. The van der Waals surface area contributed by atoms with Crippen LogP contribution in [0.2, 0.25) is 0 Å². The topological polar surface area (TPSA) is 58.4 Å². The zero-order chi connectivity index (χ0) is 11.1. The summed E-state index contributed by atoms with van der Waals surface area (Å²) >= 11 is 0. The molecule has 0 aliphatic carbocycles. The van der Waals surface area contributed by atoms with E-state index < -0.39 is 5.54 Å². The summed E-state index contributed by atoms with van der Waals surface area (Å²) in [6.45, 7) is 7.19. The zero-order valence-electron chi connectivity index (χ0n) is 9.62. The van der Waals surface area contributed by atoms with E-state index >= 15 is 0 Å². The number of hydrogen-bond acceptors (Lipinski definition) is 3. The minimum Gasteiger partial charge on any atom is -0.368 e. The zero-order valence-corrected chi connectivity index (χ0v) is 9.62. The standard InChI is InChI=1S/C11H21N3O/c1-8(2)13-11(10(12)15)7-14-5-3-9(11)4-6-14/h8-9,13H,3-7H2,1-2H3,(H2,12,15). The van der Waals surface area contributed by atoms with Crippen LogP contribution in [0.15, 0.2) is 0 Å². The lowest BCUT2D eigenvalue weighted by Gasteiger charge is -2.52. The van der Waals surface area contributed by atoms with Gasteiger partial charge in [0, 0.05) is 12.6 Å². The summed E-state index contributed by atoms with van der Waals surface area (Å²) in [5, 5.41) is 3.41. The molecule has 0 aromatic carbocycles. The van der Waals surface area contributed by atoms with E-state index in [2.05, 4.69) is 24.1 Å². The minimum absolute atomic E-state index is 0.175. The molecule has 0 radical (unpaired) electrons. The highest BCUT2D eigenvalue weighted by atomic mass is 16.1. The second kappa shape index (κ2) is 3.76. The van der Waals surface area contributed by atoms with Crippen LogP contribution in [0.1, 0.15) is 26.7 Å². The number of rotatable bonds is 3. The van der Waals surface area contributed by atoms with Gasteiger partial charge in [0.1, 0.15) is 5.54 Å². The van der Waals surface area contributed by atoms with E-state index in [4.69, 9.17) is 5.73 Å². The molecule has 86 valence electrons. The summed E-state index contributed by atoms with van der Waals surface area (Å²) in [5.74, 6) is 0.257. The van der Waals surface area contributed by atoms with Crippen LogP contribution in [0.4, 0.5) is 0 Å². The van der Waals surface area contributed by atoms with Gasteiger partial charge >= 0.3 is 0 Å². The van der Waals surface area contributed by atoms with Gasteiger partial charge in [-0.2, -0.15) is 0 Å². The Morgan fingerprint density at radius 2 is 2.07 bits per heavy atom. The Hall–Kier alpha value is -0.610. The quantitative estimate of drug-likeness (QED) is 0.687. The first-order valence-corrected chi connectivity index (χ1v) is 5.84. The predicted octanol–water partition coefficient (Wildman–Crippen LogP) is -0.0659. The van der Waals surface area contributed by atoms with Crippen molar-refractivity contribution >= 4 is 5.91 Å². The van der Waals surface area contributed by atoms with Crippen LogP contribution in [0.3, 0.4) is 0 Å². The van der Waals surface area contributed by atoms with E-state index in [1.165, 1.54) is 0 Å². The Balaban J connectivity index is 2.22. The molecule has 1 amide bonds. The van der Waals surface area contributed by atoms with E-state index in [1.54, 1.807) is 0 Å². The molecule has 1 unspecified atom stereocenters. The van der Waals surface area contributed by atoms with Crippen molar-refractivity contribution in [3.8, 4) is 0 Å². The Labute approximate surface area is 91.2 Å². The first-order chi connectivity index (χ1) is 7.04. The van der Waals surface area contributed by atoms with Crippen LogP contribution < -0.4 is 11.1 Å². The molecule has 0 aromatic heterocycles. The lowest BCUT2D eigenvalue weighted by Crippen LogP contribution is -2.72. The van der Waals surface area contributed by atoms with Gasteiger partial charge in [0.2, 0.25) is 5.91 Å². The minimum atomic E-state index is -0.468. The molecule has 3 heterocycles. The van der Waals surface area contributed by atoms with Gasteiger partial charge in [-0.1, -0.05) is 0 Å². The third kappa shape index (κ3) is 1.76. The lowest BCUT2D eigenvalue weighted by atomic mass is 9.72. The largest absolute Gasteiger partial charge is 0.368 e. The molecule has 3 aliphatic heterocycles. The number of carbonyl (C=O) groups excluding carboxylic acids is 1. The fourth-order valence-electron chi connectivity index (χ4n) is 3.09. The van der Waals surface area contributed by atoms with Crippen molar-refractivity contribution in [2.75, 3.05) is 19.6 Å². The van der Waals surface area contributed by atoms with Crippen molar-refractivity contribution in [2.24, 2.45) is 11.7 Å². The number of amides is 1. The molecule has 15 heavy (non-hydrogen) atoms. The van der Waals surface area contributed by atoms with Gasteiger partial charge in [-0.3, -0.25) is 10.1 Å². The van der Waals surface area contributed by atoms with Gasteiger partial charge in [-0.15, -0.1) is 0 Å². The summed E-state index contributed by atoms with van der Waals surface area (Å²) in [4.78, 5) is 14.1. The Morgan fingerprint density at radius 1 is 1.47 bits per heavy atom. The molecule has 3 rings (SSSR count). The fraction of sp³-hybridized carbons (Fsp3) is 0.909. The Kier molecular flexibility index (Phi) is 2.73. The monoisotopic (exact) mass is 211 g/mol. The van der Waals surface area contributed by atoms with Crippen LogP contribution in [0.25, 0.3) is 0 Å². The van der Waals surface area contributed by atoms with Crippen molar-refractivity contribution in [3.63, 3.8) is 0 Å². The SMILES string of the molecule is CC(C)NC1(C(N)=O)CN2CCC1CC2. The molecule has 3 fully saturated rings. The first-order valence-electron chi connectivity index (χ1n) is 5.84. The van der Waals surface area contributed by atoms with Crippen molar-refractivity contribution in [3.05, 3.63) is 0 Å². The summed E-state index contributed by atoms with van der Waals surface area (Å²) in [6.07, 6.45) is 2.20. The van der Waals surface area contributed by atoms with Gasteiger partial charge in [0.25, 0.3) is 0 Å². The second-order valence-corrected chi connectivity index (χ2v) is 5.19. The number of nitrogens with one attached hydrogen (secondary N) is 1. The summed E-state index contributed by atoms with van der Waals surface area (Å²) in [5.41, 5.74) is 5.14. The smallest absolute Gasteiger partial charge is 0.239 e. The van der Waals surface area contributed by atoms with Gasteiger partial charge in [-0.05, 0) is 45.7 Å². The van der Waals surface area contributed by atoms with E-state index in [1.807, 2.05) is 0 Å². The number of nitrogens with zero attached hydrogens (tertiary/aromatic N) is 1. The maximum atomic E-state index is 11.7. The lowest BCUT2D eigenvalue weighted by molar-refractivity contribution is -0.133. The molecule has 3 aliphatic rings. The molecular formula is C11H21N3O. The van der Waals surface area contributed by atoms with E-state index in [0.29, 0.717) is 12.0 Å². The molecule has 4 heteroatoms. The highest BCUT2D eigenvalue weighted by Gasteiger charge is 2.50. The molecule has 1 atom stereocenters. The van der Waals surface area contributed by atoms with Crippen molar-refractivity contribution in [1.82, 2.24) is 10.2 Å². The number of hydrogen-bond donors (Lipinski definition) is 2. The fourth-order valence-corrected chi connectivity index (χ4v) is 3.09. The van der Waals surface area contributed by atoms with Crippen molar-refractivity contribution in [2.45, 2.75) is 38.3 Å². The van der Waals surface area contributed by atoms with Crippen LogP contribution in [-0.2, 0) is 4.79 Å². The molecule has 3 saturated heterocycles. The number of piperidine rings is 3. The third-order valence-corrected chi connectivity index (χ3v) is 3.74. The van der Waals surface area contributed by atoms with Crippen LogP contribution in [0.5, 0.6) is 0 Å². The second-order valence-electron chi connectivity index (χ2n) is 5.19. The van der Waals surface area contributed by atoms with Crippen molar-refractivity contribution in [1.29, 1.82) is 0 Å². The average Bonchev–Trinajstić information content (AvgIpc) is 2.18. The Bertz CT molecular complexity index is 255. The summed E-state index contributed by atoms with van der Waals surface area (Å²) in [6, 6.07) is 0.304. The van der Waals surface area contributed by atoms with Crippen LogP contribution in [-0.4, -0.2) is 42.0 Å². The molecule has 4 nitrogen and oxygen atoms in total. The van der Waals surface area contributed by atoms with E-state index in [9.17, 15) is 4.79 Å². The summed E-state index contributed by atoms with van der Waals surface area (Å²) in [7, 11) is 0. The number of nitrogens with two attached hydrogens (primary N) is 1. The molecule has 2 bridgehead atoms. The van der Waals surface area contributed by atoms with Crippen molar-refractivity contribution < 1.29 is 4.79 Å². The molecule has 0 aromatic rings. The van der Waals surface area contributed by atoms with Gasteiger partial charge in [0.15, 0.2) is 0 Å². The number of carbonyl (C=O) groups is 1. The third-order valence-electron chi connectivity index (χ3n) is 3.74. The first kappa shape index (κ1) is 10.9. The Morgan fingerprint density at radius 3 is 2.40 bits per heavy atom. The van der Waals surface area contributed by atoms with Crippen LogP contribution in [0, 0.1) is 5.92 Å². The van der Waals surface area contributed by atoms with E-state index in [-0.39, 0.29) is 5.91 Å². The normalized spacial score (nSPS) is 39.7. The summed E-state index contributed by atoms with van der Waals surface area (Å²) < 4.78 is 0. The van der Waals surface area contributed by atoms with E-state index in [0.717, 1.165) is 32.5 Å². The average molecular weight is 211 g/mol. The molecule has 0 saturated carbocycles. The predicted molar refractivity (Wildman–Crippen MR) is 59.4 cm³/mol. The highest BCUT2D eigenvalue weighted by molar-refractivity contribution is 5.86. The maximum Gasteiger partial charge on any atom is 0.239 e. The highest BCUT2D eigenvalue weighted by Crippen LogP contribution is 2.35. The van der Waals surface area contributed by atoms with Gasteiger partial charge in [0.05, 0.1) is 0 Å². The molecular weight excluding hydrogens is 190 g/mol. The molecule has 3 N–H and O–H groups in total. The van der Waals surface area contributed by atoms with Crippen LogP contribution >= 0.6 is 0 Å². The van der Waals surface area contributed by atoms with Gasteiger partial charge in [-0.25, -0.2) is 0 Å². The van der Waals surface area contributed by atoms with Gasteiger partial charge < -0.3 is 10.6 Å². The number of fused-ring (bicyclic) bond motifs is 3.